The van der Waals surface area contributed by atoms with Gasteiger partial charge in [-0.1, -0.05) is 11.6 Å². The van der Waals surface area contributed by atoms with Crippen LogP contribution >= 0.6 is 11.6 Å². The number of nitro groups is 1. The largest absolute Gasteiger partial charge is 0.336 e. The fourth-order valence-corrected chi connectivity index (χ4v) is 2.61. The molecule has 0 radical (unpaired) electrons. The Morgan fingerprint density at radius 2 is 2.00 bits per heavy atom. The molecule has 0 unspecified atom stereocenters. The van der Waals surface area contributed by atoms with E-state index in [-0.39, 0.29) is 16.6 Å². The summed E-state index contributed by atoms with van der Waals surface area (Å²) < 4.78 is 0. The molecule has 21 heavy (non-hydrogen) atoms. The highest BCUT2D eigenvalue weighted by molar-refractivity contribution is 6.32. The van der Waals surface area contributed by atoms with Crippen LogP contribution in [-0.4, -0.2) is 57.8 Å². The molecule has 0 atom stereocenters. The first-order valence-electron chi connectivity index (χ1n) is 6.74. The Balaban J connectivity index is 2.19. The highest BCUT2D eigenvalue weighted by Crippen LogP contribution is 2.27. The van der Waals surface area contributed by atoms with Crippen LogP contribution in [0.25, 0.3) is 0 Å². The second kappa shape index (κ2) is 6.36. The minimum atomic E-state index is -0.660. The predicted molar refractivity (Wildman–Crippen MR) is 78.5 cm³/mol. The zero-order valence-corrected chi connectivity index (χ0v) is 12.7. The fraction of sp³-hybridized carbons (Fsp3) is 0.538. The average molecular weight is 313 g/mol. The van der Waals surface area contributed by atoms with Crippen LogP contribution in [0.2, 0.25) is 5.15 Å². The Bertz CT molecular complexity index is 556. The van der Waals surface area contributed by atoms with Gasteiger partial charge < -0.3 is 4.90 Å². The lowest BCUT2D eigenvalue weighted by Gasteiger charge is -2.36. The van der Waals surface area contributed by atoms with E-state index < -0.39 is 10.6 Å². The molecule has 2 heterocycles. The van der Waals surface area contributed by atoms with E-state index in [1.54, 1.807) is 4.90 Å². The van der Waals surface area contributed by atoms with Crippen molar-refractivity contribution in [1.82, 2.24) is 14.8 Å². The SMILES string of the molecule is CC(C)N1CCN(C(=O)c2ccnc(Cl)c2[N+](=O)[O-])CC1. The van der Waals surface area contributed by atoms with E-state index in [1.807, 2.05) is 0 Å². The van der Waals surface area contributed by atoms with Gasteiger partial charge in [0.05, 0.1) is 4.92 Å². The van der Waals surface area contributed by atoms with Crippen LogP contribution in [-0.2, 0) is 0 Å². The topological polar surface area (TPSA) is 79.6 Å². The number of aromatic nitrogens is 1. The Morgan fingerprint density at radius 3 is 2.52 bits per heavy atom. The molecule has 1 aromatic heterocycles. The number of carbonyl (C=O) groups excluding carboxylic acids is 1. The van der Waals surface area contributed by atoms with E-state index in [0.717, 1.165) is 13.1 Å². The zero-order valence-electron chi connectivity index (χ0n) is 12.0. The first-order valence-corrected chi connectivity index (χ1v) is 7.12. The number of carbonyl (C=O) groups is 1. The van der Waals surface area contributed by atoms with E-state index >= 15 is 0 Å². The molecule has 1 aliphatic rings. The second-order valence-corrected chi connectivity index (χ2v) is 5.53. The van der Waals surface area contributed by atoms with E-state index in [2.05, 4.69) is 23.7 Å². The molecule has 8 heteroatoms. The Labute approximate surface area is 127 Å². The summed E-state index contributed by atoms with van der Waals surface area (Å²) in [7, 11) is 0. The van der Waals surface area contributed by atoms with Crippen LogP contribution < -0.4 is 0 Å². The van der Waals surface area contributed by atoms with E-state index in [4.69, 9.17) is 11.6 Å². The van der Waals surface area contributed by atoms with Crippen LogP contribution in [0, 0.1) is 10.1 Å². The van der Waals surface area contributed by atoms with Crippen molar-refractivity contribution in [3.05, 3.63) is 33.1 Å². The third-order valence-corrected chi connectivity index (χ3v) is 3.90. The first kappa shape index (κ1) is 15.7. The van der Waals surface area contributed by atoms with Crippen molar-refractivity contribution in [2.45, 2.75) is 19.9 Å². The number of piperazine rings is 1. The highest BCUT2D eigenvalue weighted by Gasteiger charge is 2.30. The maximum absolute atomic E-state index is 12.5. The van der Waals surface area contributed by atoms with Gasteiger partial charge in [-0.3, -0.25) is 19.8 Å². The van der Waals surface area contributed by atoms with Crippen molar-refractivity contribution < 1.29 is 9.72 Å². The average Bonchev–Trinajstić information content (AvgIpc) is 2.46. The number of hydrogen-bond acceptors (Lipinski definition) is 5. The third-order valence-electron chi connectivity index (χ3n) is 3.62. The van der Waals surface area contributed by atoms with Crippen molar-refractivity contribution in [3.63, 3.8) is 0 Å². The lowest BCUT2D eigenvalue weighted by atomic mass is 10.1. The minimum Gasteiger partial charge on any atom is -0.336 e. The highest BCUT2D eigenvalue weighted by atomic mass is 35.5. The molecule has 1 fully saturated rings. The summed E-state index contributed by atoms with van der Waals surface area (Å²) in [6.07, 6.45) is 1.31. The number of halogens is 1. The molecule has 0 aliphatic carbocycles. The van der Waals surface area contributed by atoms with Crippen LogP contribution in [0.3, 0.4) is 0 Å². The fourth-order valence-electron chi connectivity index (χ4n) is 2.39. The van der Waals surface area contributed by atoms with Gasteiger partial charge in [-0.25, -0.2) is 4.98 Å². The standard InChI is InChI=1S/C13H17ClN4O3/c1-9(2)16-5-7-17(8-6-16)13(19)10-3-4-15-12(14)11(10)18(20)21/h3-4,9H,5-8H2,1-2H3. The van der Waals surface area contributed by atoms with Crippen molar-refractivity contribution in [2.75, 3.05) is 26.2 Å². The summed E-state index contributed by atoms with van der Waals surface area (Å²) in [5.74, 6) is -0.366. The Hall–Kier alpha value is -1.73. The molecule has 1 aliphatic heterocycles. The molecule has 0 bridgehead atoms. The molecule has 2 rings (SSSR count). The van der Waals surface area contributed by atoms with Crippen LogP contribution in [0.1, 0.15) is 24.2 Å². The molecule has 114 valence electrons. The number of rotatable bonds is 3. The van der Waals surface area contributed by atoms with Gasteiger partial charge in [-0.05, 0) is 19.9 Å². The lowest BCUT2D eigenvalue weighted by molar-refractivity contribution is -0.385. The van der Waals surface area contributed by atoms with Crippen molar-refractivity contribution in [3.8, 4) is 0 Å². The maximum atomic E-state index is 12.5. The number of pyridine rings is 1. The van der Waals surface area contributed by atoms with Crippen LogP contribution in [0.4, 0.5) is 5.69 Å². The molecule has 0 spiro atoms. The summed E-state index contributed by atoms with van der Waals surface area (Å²) in [5, 5.41) is 10.8. The summed E-state index contributed by atoms with van der Waals surface area (Å²) in [6, 6.07) is 1.77. The molecular formula is C13H17ClN4O3. The van der Waals surface area contributed by atoms with Crippen LogP contribution in [0.5, 0.6) is 0 Å². The predicted octanol–water partition coefficient (Wildman–Crippen LogP) is 1.81. The van der Waals surface area contributed by atoms with Gasteiger partial charge in [-0.2, -0.15) is 0 Å². The van der Waals surface area contributed by atoms with E-state index in [0.29, 0.717) is 19.1 Å². The lowest BCUT2D eigenvalue weighted by Crippen LogP contribution is -2.50. The van der Waals surface area contributed by atoms with Gasteiger partial charge >= 0.3 is 5.69 Å². The maximum Gasteiger partial charge on any atom is 0.319 e. The molecule has 1 aromatic rings. The summed E-state index contributed by atoms with van der Waals surface area (Å²) >= 11 is 5.74. The molecule has 7 nitrogen and oxygen atoms in total. The zero-order chi connectivity index (χ0) is 15.6. The number of nitrogens with zero attached hydrogens (tertiary/aromatic N) is 4. The third kappa shape index (κ3) is 3.30. The monoisotopic (exact) mass is 312 g/mol. The molecule has 1 saturated heterocycles. The van der Waals surface area contributed by atoms with Crippen molar-refractivity contribution >= 4 is 23.2 Å². The molecular weight excluding hydrogens is 296 g/mol. The van der Waals surface area contributed by atoms with Gasteiger partial charge in [0.25, 0.3) is 5.91 Å². The van der Waals surface area contributed by atoms with Crippen LogP contribution in [0.15, 0.2) is 12.3 Å². The first-order chi connectivity index (χ1) is 9.91. The van der Waals surface area contributed by atoms with E-state index in [9.17, 15) is 14.9 Å². The molecule has 1 amide bonds. The minimum absolute atomic E-state index is 0.00185. The van der Waals surface area contributed by atoms with Gasteiger partial charge in [-0.15, -0.1) is 0 Å². The van der Waals surface area contributed by atoms with Gasteiger partial charge in [0.15, 0.2) is 0 Å². The molecule has 0 saturated carbocycles. The molecule has 0 aromatic carbocycles. The smallest absolute Gasteiger partial charge is 0.319 e. The summed E-state index contributed by atoms with van der Waals surface area (Å²) in [5.41, 5.74) is -0.423. The normalized spacial score (nSPS) is 16.3. The second-order valence-electron chi connectivity index (χ2n) is 5.18. The Morgan fingerprint density at radius 1 is 1.38 bits per heavy atom. The quantitative estimate of drug-likeness (QED) is 0.483. The Kier molecular flexibility index (Phi) is 4.74. The summed E-state index contributed by atoms with van der Waals surface area (Å²) in [6.45, 7) is 6.82. The molecule has 0 N–H and O–H groups in total. The van der Waals surface area contributed by atoms with Gasteiger partial charge in [0, 0.05) is 38.4 Å². The van der Waals surface area contributed by atoms with E-state index in [1.165, 1.54) is 12.3 Å². The summed E-state index contributed by atoms with van der Waals surface area (Å²) in [4.78, 5) is 30.4. The number of amides is 1. The number of hydrogen-bond donors (Lipinski definition) is 0. The van der Waals surface area contributed by atoms with Crippen molar-refractivity contribution in [2.24, 2.45) is 0 Å². The van der Waals surface area contributed by atoms with Gasteiger partial charge in [0.1, 0.15) is 5.56 Å². The van der Waals surface area contributed by atoms with Crippen molar-refractivity contribution in [1.29, 1.82) is 0 Å². The van der Waals surface area contributed by atoms with Gasteiger partial charge in [0.2, 0.25) is 5.15 Å².